The number of unbranched alkanes of at least 4 members (excludes halogenated alkanes) is 2. The van der Waals surface area contributed by atoms with Gasteiger partial charge in [-0.15, -0.1) is 0 Å². The van der Waals surface area contributed by atoms with Crippen LogP contribution >= 0.6 is 15.9 Å². The number of carbonyl (C=O) groups is 2. The van der Waals surface area contributed by atoms with Crippen LogP contribution < -0.4 is 14.2 Å². The van der Waals surface area contributed by atoms with E-state index in [0.717, 1.165) is 36.8 Å². The minimum Gasteiger partial charge on any atom is -0.506 e. The average molecular weight is 907 g/mol. The van der Waals surface area contributed by atoms with E-state index in [9.17, 15) is 18.6 Å². The van der Waals surface area contributed by atoms with Gasteiger partial charge < -0.3 is 33.7 Å². The van der Waals surface area contributed by atoms with Crippen LogP contribution in [0.25, 0.3) is 10.8 Å². The maximum atomic E-state index is 15.6. The number of phenolic OH excluding ortho intramolecular Hbond substituents is 1. The topological polar surface area (TPSA) is 172 Å². The number of Topliss-reactive ketones (excluding diaryl/α,β-unsaturated/α-hetero) is 2. The Kier molecular flexibility index (Phi) is 10.8. The Balaban J connectivity index is 1.38. The van der Waals surface area contributed by atoms with Crippen molar-refractivity contribution in [1.82, 2.24) is 5.16 Å². The third-order valence-electron chi connectivity index (χ3n) is 13.6. The van der Waals surface area contributed by atoms with Gasteiger partial charge in [0.15, 0.2) is 16.8 Å². The summed E-state index contributed by atoms with van der Waals surface area (Å²) < 4.78 is 59.5. The van der Waals surface area contributed by atoms with Gasteiger partial charge in [-0.25, -0.2) is 8.42 Å². The lowest BCUT2D eigenvalue weighted by molar-refractivity contribution is -0.123. The number of ketones is 2. The molecule has 0 radical (unpaired) electrons. The van der Waals surface area contributed by atoms with Crippen LogP contribution in [0.15, 0.2) is 55.9 Å². The number of halogens is 1. The van der Waals surface area contributed by atoms with Gasteiger partial charge >= 0.3 is 0 Å². The third kappa shape index (κ3) is 6.01. The molecule has 5 atom stereocenters. The molecule has 0 bridgehead atoms. The van der Waals surface area contributed by atoms with Crippen molar-refractivity contribution in [3.63, 3.8) is 0 Å². The lowest BCUT2D eigenvalue weighted by Crippen LogP contribution is -2.60. The van der Waals surface area contributed by atoms with Crippen molar-refractivity contribution in [2.75, 3.05) is 20.3 Å². The number of aromatic hydroxyl groups is 1. The third-order valence-corrected chi connectivity index (χ3v) is 16.1. The number of fused-ring (bicyclic) bond motifs is 5. The zero-order chi connectivity index (χ0) is 43.1. The van der Waals surface area contributed by atoms with Crippen LogP contribution in [0, 0.1) is 11.3 Å². The highest BCUT2D eigenvalue weighted by Crippen LogP contribution is 2.66. The molecule has 320 valence electrons. The van der Waals surface area contributed by atoms with E-state index >= 15 is 9.59 Å². The smallest absolute Gasteiger partial charge is 0.260 e. The molecule has 0 saturated carbocycles. The molecule has 4 aromatic rings. The zero-order valence-corrected chi connectivity index (χ0v) is 37.5. The van der Waals surface area contributed by atoms with Crippen LogP contribution in [0.1, 0.15) is 129 Å². The highest BCUT2D eigenvalue weighted by Gasteiger charge is 2.66. The molecule has 1 unspecified atom stereocenters. The van der Waals surface area contributed by atoms with Gasteiger partial charge in [0.25, 0.3) is 5.88 Å². The number of nitrogens with zero attached hydrogens (tertiary/aromatic N) is 1. The summed E-state index contributed by atoms with van der Waals surface area (Å²) >= 11 is 3.34. The fourth-order valence-corrected chi connectivity index (χ4v) is 11.7. The molecule has 12 nitrogen and oxygen atoms in total. The standard InChI is InChI=1S/C46H52BrNO11S/c1-8-10-19-56-30-22-32(55-7)38-33-28(23-45(38)24(3)13-12-18-44(45,5)6)34-37(40(50)35(30)33)41(51)46(52)29(39(34)49)21-31-36(43(48-59-31)57-20-11-9-2)42(46)58-25(4)60(53,54)27-16-14-26(47)15-17-27/h13-17,22,25,29,42,50,52H,8-12,18-21,23H2,1-7H3/t25?,29-,42-,45+,46+/m0/s1. The monoisotopic (exact) mass is 905 g/mol. The van der Waals surface area contributed by atoms with Gasteiger partial charge in [-0.1, -0.05) is 68.1 Å². The van der Waals surface area contributed by atoms with E-state index in [1.165, 1.54) is 19.1 Å². The van der Waals surface area contributed by atoms with Crippen LogP contribution in [0.3, 0.4) is 0 Å². The van der Waals surface area contributed by atoms with Gasteiger partial charge in [-0.05, 0) is 86.4 Å². The van der Waals surface area contributed by atoms with Crippen molar-refractivity contribution in [3.05, 3.63) is 80.0 Å². The Bertz CT molecular complexity index is 2560. The maximum Gasteiger partial charge on any atom is 0.260 e. The highest BCUT2D eigenvalue weighted by atomic mass is 79.9. The minimum atomic E-state index is -4.25. The van der Waals surface area contributed by atoms with Gasteiger partial charge in [0.1, 0.15) is 29.1 Å². The highest BCUT2D eigenvalue weighted by molar-refractivity contribution is 9.10. The Morgan fingerprint density at radius 3 is 2.35 bits per heavy atom. The van der Waals surface area contributed by atoms with E-state index in [1.807, 2.05) is 13.8 Å². The quantitative estimate of drug-likeness (QED) is 0.0965. The lowest BCUT2D eigenvalue weighted by Gasteiger charge is -2.49. The van der Waals surface area contributed by atoms with E-state index in [1.54, 1.807) is 25.3 Å². The largest absolute Gasteiger partial charge is 0.506 e. The molecular formula is C46H52BrNO11S. The minimum absolute atomic E-state index is 0.0106. The van der Waals surface area contributed by atoms with Crippen molar-refractivity contribution in [2.45, 2.75) is 120 Å². The Labute approximate surface area is 358 Å². The predicted molar refractivity (Wildman–Crippen MR) is 227 cm³/mol. The van der Waals surface area contributed by atoms with Gasteiger partial charge in [0.2, 0.25) is 15.6 Å². The zero-order valence-electron chi connectivity index (χ0n) is 35.1. The summed E-state index contributed by atoms with van der Waals surface area (Å²) in [5.41, 5.74) is -3.28. The van der Waals surface area contributed by atoms with E-state index < -0.39 is 55.6 Å². The molecule has 0 amide bonds. The van der Waals surface area contributed by atoms with Gasteiger partial charge in [-0.3, -0.25) is 9.59 Å². The molecule has 60 heavy (non-hydrogen) atoms. The first kappa shape index (κ1) is 42.5. The fourth-order valence-electron chi connectivity index (χ4n) is 10.3. The molecular weight excluding hydrogens is 854 g/mol. The summed E-state index contributed by atoms with van der Waals surface area (Å²) in [6.45, 7) is 12.3. The van der Waals surface area contributed by atoms with Crippen molar-refractivity contribution in [1.29, 1.82) is 0 Å². The maximum absolute atomic E-state index is 15.6. The fraction of sp³-hybridized carbons (Fsp3) is 0.500. The predicted octanol–water partition coefficient (Wildman–Crippen LogP) is 9.08. The number of aliphatic hydroxyl groups is 1. The molecule has 8 rings (SSSR count). The van der Waals surface area contributed by atoms with E-state index in [-0.39, 0.29) is 62.8 Å². The molecule has 4 aliphatic carbocycles. The summed E-state index contributed by atoms with van der Waals surface area (Å²) in [6, 6.07) is 7.75. The van der Waals surface area contributed by atoms with Crippen molar-refractivity contribution < 1.29 is 51.7 Å². The molecule has 2 N–H and O–H groups in total. The summed E-state index contributed by atoms with van der Waals surface area (Å²) in [6.07, 6.45) is 5.13. The van der Waals surface area contributed by atoms with Crippen molar-refractivity contribution in [3.8, 4) is 23.1 Å². The molecule has 3 aromatic carbocycles. The average Bonchev–Trinajstić information content (AvgIpc) is 3.79. The first-order valence-corrected chi connectivity index (χ1v) is 23.2. The normalized spacial score (nSPS) is 24.5. The van der Waals surface area contributed by atoms with Crippen LogP contribution in [-0.2, 0) is 32.8 Å². The number of rotatable bonds is 13. The van der Waals surface area contributed by atoms with Gasteiger partial charge in [0, 0.05) is 38.9 Å². The first-order valence-electron chi connectivity index (χ1n) is 20.8. The SMILES string of the molecule is CCCCOc1noc2c1[C@H](OC(C)S(=O)(=O)c1ccc(Br)cc1)[C@]1(O)C(=O)c3c(c4c5c(c(OC)cc(OCCCC)c5c3O)[C@@]3(C4)C(C)=CCCC3(C)C)C(=O)[C@@H]1C2. The summed E-state index contributed by atoms with van der Waals surface area (Å²) in [4.78, 5) is 31.1. The van der Waals surface area contributed by atoms with E-state index in [0.29, 0.717) is 47.0 Å². The number of hydrogen-bond acceptors (Lipinski definition) is 12. The lowest BCUT2D eigenvalue weighted by atomic mass is 9.54. The van der Waals surface area contributed by atoms with Crippen molar-refractivity contribution in [2.24, 2.45) is 11.3 Å². The van der Waals surface area contributed by atoms with Crippen LogP contribution in [-0.4, -0.2) is 66.7 Å². The van der Waals surface area contributed by atoms with Gasteiger partial charge in [0.05, 0.1) is 47.7 Å². The summed E-state index contributed by atoms with van der Waals surface area (Å²) in [5, 5.41) is 30.8. The number of carbonyl (C=O) groups excluding carboxylic acids is 2. The number of phenols is 1. The molecule has 14 heteroatoms. The Morgan fingerprint density at radius 2 is 1.70 bits per heavy atom. The molecule has 0 fully saturated rings. The van der Waals surface area contributed by atoms with E-state index in [4.69, 9.17) is 23.5 Å². The number of allylic oxidation sites excluding steroid dienone is 2. The Hall–Kier alpha value is -4.24. The molecule has 1 aromatic heterocycles. The van der Waals surface area contributed by atoms with Crippen LogP contribution in [0.2, 0.25) is 0 Å². The second-order valence-electron chi connectivity index (χ2n) is 17.3. The number of methoxy groups -OCH3 is 1. The molecule has 0 aliphatic heterocycles. The van der Waals surface area contributed by atoms with Crippen LogP contribution in [0.5, 0.6) is 23.1 Å². The number of hydrogen-bond donors (Lipinski definition) is 2. The molecule has 0 saturated heterocycles. The summed E-state index contributed by atoms with van der Waals surface area (Å²) in [5.74, 6) is -2.75. The molecule has 1 spiro atoms. The number of aromatic nitrogens is 1. The van der Waals surface area contributed by atoms with Crippen molar-refractivity contribution >= 4 is 48.1 Å². The van der Waals surface area contributed by atoms with Gasteiger partial charge in [-0.2, -0.15) is 0 Å². The van der Waals surface area contributed by atoms with Crippen LogP contribution in [0.4, 0.5) is 0 Å². The first-order chi connectivity index (χ1) is 28.5. The second-order valence-corrected chi connectivity index (χ2v) is 20.4. The number of sulfone groups is 1. The Morgan fingerprint density at radius 1 is 1.02 bits per heavy atom. The van der Waals surface area contributed by atoms with E-state index in [2.05, 4.69) is 47.9 Å². The second kappa shape index (κ2) is 15.3. The summed E-state index contributed by atoms with van der Waals surface area (Å²) in [7, 11) is -2.66. The number of ether oxygens (including phenoxy) is 4. The molecule has 4 aliphatic rings. The molecule has 1 heterocycles. The number of benzene rings is 3.